The topological polar surface area (TPSA) is 35.8 Å². The van der Waals surface area contributed by atoms with Crippen LogP contribution in [0.15, 0.2) is 0 Å². The normalized spacial score (nSPS) is 24.9. The van der Waals surface area contributed by atoms with Gasteiger partial charge in [0.2, 0.25) is 0 Å². The van der Waals surface area contributed by atoms with Crippen LogP contribution in [0, 0.1) is 11.2 Å². The fourth-order valence-electron chi connectivity index (χ4n) is 2.25. The first kappa shape index (κ1) is 8.13. The maximum Gasteiger partial charge on any atom is 0.274 e. The van der Waals surface area contributed by atoms with E-state index < -0.39 is 0 Å². The summed E-state index contributed by atoms with van der Waals surface area (Å²) in [5, 5.41) is 12.4. The number of hydrogen-bond acceptors (Lipinski definition) is 2. The van der Waals surface area contributed by atoms with E-state index in [0.29, 0.717) is 12.5 Å². The van der Waals surface area contributed by atoms with Crippen molar-refractivity contribution >= 4 is 6.71 Å². The lowest BCUT2D eigenvalue weighted by Crippen LogP contribution is -2.32. The van der Waals surface area contributed by atoms with Gasteiger partial charge in [-0.2, -0.15) is 0 Å². The van der Waals surface area contributed by atoms with Gasteiger partial charge in [0.15, 0.2) is 0 Å². The third-order valence-electron chi connectivity index (χ3n) is 3.17. The molecule has 0 unspecified atom stereocenters. The van der Waals surface area contributed by atoms with Gasteiger partial charge in [0.1, 0.15) is 0 Å². The second kappa shape index (κ2) is 3.49. The van der Waals surface area contributed by atoms with Crippen molar-refractivity contribution in [1.82, 2.24) is 5.32 Å². The Morgan fingerprint density at radius 3 is 2.17 bits per heavy atom. The van der Waals surface area contributed by atoms with E-state index in [1.165, 1.54) is 25.7 Å². The third kappa shape index (κ3) is 1.64. The molecule has 0 aromatic carbocycles. The van der Waals surface area contributed by atoms with Crippen molar-refractivity contribution in [3.05, 3.63) is 0 Å². The molecular formula is C9H15BN2. The minimum atomic E-state index is 0.382. The minimum absolute atomic E-state index is 0.382. The number of nitrogens with one attached hydrogen (secondary N) is 1. The lowest BCUT2D eigenvalue weighted by Gasteiger charge is -2.24. The van der Waals surface area contributed by atoms with Crippen LogP contribution >= 0.6 is 0 Å². The predicted octanol–water partition coefficient (Wildman–Crippen LogP) is 1.46. The molecule has 1 saturated carbocycles. The smallest absolute Gasteiger partial charge is 0.274 e. The van der Waals surface area contributed by atoms with Crippen molar-refractivity contribution in [2.45, 2.75) is 37.3 Å². The number of hydrogen-bond donors (Lipinski definition) is 1. The number of nitriles is 1. The summed E-state index contributed by atoms with van der Waals surface area (Å²) in [6.07, 6.45) is 5.05. The first-order valence-electron chi connectivity index (χ1n) is 5.02. The molecule has 2 fully saturated rings. The quantitative estimate of drug-likeness (QED) is 0.624. The fraction of sp³-hybridized carbons (Fsp3) is 0.889. The average Bonchev–Trinajstić information content (AvgIpc) is 2.92. The standard InChI is InChI=1S/C9H15BN2/c11-7-10(8-1-2-8)9-3-5-12-6-4-9/h8-9,12H,1-6H2. The average molecular weight is 162 g/mol. The van der Waals surface area contributed by atoms with Crippen molar-refractivity contribution < 1.29 is 0 Å². The molecule has 1 heterocycles. The second-order valence-electron chi connectivity index (χ2n) is 4.08. The van der Waals surface area contributed by atoms with Gasteiger partial charge in [-0.25, -0.2) is 5.26 Å². The first-order chi connectivity index (χ1) is 5.92. The highest BCUT2D eigenvalue weighted by atomic mass is 14.9. The summed E-state index contributed by atoms with van der Waals surface area (Å²) in [6, 6.07) is 0. The van der Waals surface area contributed by atoms with E-state index >= 15 is 0 Å². The van der Waals surface area contributed by atoms with Crippen molar-refractivity contribution in [2.75, 3.05) is 13.1 Å². The van der Waals surface area contributed by atoms with Crippen molar-refractivity contribution in [3.63, 3.8) is 0 Å². The van der Waals surface area contributed by atoms with Crippen LogP contribution < -0.4 is 5.32 Å². The van der Waals surface area contributed by atoms with E-state index in [4.69, 9.17) is 5.26 Å². The Kier molecular flexibility index (Phi) is 2.36. The van der Waals surface area contributed by atoms with Crippen molar-refractivity contribution in [1.29, 1.82) is 5.26 Å². The molecule has 0 atom stereocenters. The zero-order valence-corrected chi connectivity index (χ0v) is 7.42. The summed E-state index contributed by atoms with van der Waals surface area (Å²) in [7, 11) is 0. The summed E-state index contributed by atoms with van der Waals surface area (Å²) in [4.78, 5) is 0. The molecule has 2 nitrogen and oxygen atoms in total. The van der Waals surface area contributed by atoms with Crippen LogP contribution in [0.4, 0.5) is 0 Å². The Labute approximate surface area is 74.4 Å². The van der Waals surface area contributed by atoms with Crippen molar-refractivity contribution in [2.24, 2.45) is 0 Å². The van der Waals surface area contributed by atoms with Crippen LogP contribution in [0.25, 0.3) is 0 Å². The summed E-state index contributed by atoms with van der Waals surface area (Å²) >= 11 is 0. The van der Waals surface area contributed by atoms with Gasteiger partial charge < -0.3 is 5.32 Å². The van der Waals surface area contributed by atoms with Gasteiger partial charge in [-0.1, -0.05) is 12.8 Å². The van der Waals surface area contributed by atoms with E-state index in [1.54, 1.807) is 0 Å². The van der Waals surface area contributed by atoms with Crippen LogP contribution in [0.3, 0.4) is 0 Å². The Bertz CT molecular complexity index is 189. The van der Waals surface area contributed by atoms with E-state index in [-0.39, 0.29) is 0 Å². The summed E-state index contributed by atoms with van der Waals surface area (Å²) in [6.45, 7) is 2.62. The van der Waals surface area contributed by atoms with Crippen LogP contribution in [0.5, 0.6) is 0 Å². The molecule has 0 amide bonds. The lowest BCUT2D eigenvalue weighted by molar-refractivity contribution is 0.513. The van der Waals surface area contributed by atoms with Crippen molar-refractivity contribution in [3.8, 4) is 5.97 Å². The highest BCUT2D eigenvalue weighted by molar-refractivity contribution is 6.70. The Morgan fingerprint density at radius 2 is 1.67 bits per heavy atom. The van der Waals surface area contributed by atoms with Gasteiger partial charge in [-0.05, 0) is 37.6 Å². The van der Waals surface area contributed by atoms with Gasteiger partial charge in [0.05, 0.1) is 0 Å². The minimum Gasteiger partial charge on any atom is -0.317 e. The van der Waals surface area contributed by atoms with Gasteiger partial charge in [-0.3, -0.25) is 0 Å². The van der Waals surface area contributed by atoms with Crippen LogP contribution in [-0.4, -0.2) is 19.8 Å². The molecule has 64 valence electrons. The zero-order chi connectivity index (χ0) is 8.39. The molecule has 2 aliphatic rings. The highest BCUT2D eigenvalue weighted by Crippen LogP contribution is 2.44. The summed E-state index contributed by atoms with van der Waals surface area (Å²) in [5.41, 5.74) is 0. The van der Waals surface area contributed by atoms with E-state index in [1.807, 2.05) is 0 Å². The van der Waals surface area contributed by atoms with Gasteiger partial charge in [0.25, 0.3) is 6.71 Å². The maximum absolute atomic E-state index is 9.02. The van der Waals surface area contributed by atoms with Crippen LogP contribution in [0.1, 0.15) is 25.7 Å². The lowest BCUT2D eigenvalue weighted by atomic mass is 9.37. The van der Waals surface area contributed by atoms with Gasteiger partial charge in [-0.15, -0.1) is 0 Å². The molecule has 3 heteroatoms. The summed E-state index contributed by atoms with van der Waals surface area (Å²) in [5.74, 6) is 3.97. The molecule has 1 saturated heterocycles. The van der Waals surface area contributed by atoms with Gasteiger partial charge >= 0.3 is 0 Å². The molecule has 2 rings (SSSR count). The largest absolute Gasteiger partial charge is 0.317 e. The van der Waals surface area contributed by atoms with E-state index in [0.717, 1.165) is 18.9 Å². The molecule has 0 radical (unpaired) electrons. The molecule has 1 aliphatic heterocycles. The molecule has 0 aromatic rings. The van der Waals surface area contributed by atoms with Crippen LogP contribution in [0.2, 0.25) is 11.6 Å². The molecule has 1 aliphatic carbocycles. The zero-order valence-electron chi connectivity index (χ0n) is 7.42. The Hall–Kier alpha value is -0.485. The Balaban J connectivity index is 1.91. The SMILES string of the molecule is N#CB(C1CCNCC1)C1CC1. The van der Waals surface area contributed by atoms with E-state index in [2.05, 4.69) is 11.3 Å². The van der Waals surface area contributed by atoms with Gasteiger partial charge in [0, 0.05) is 5.97 Å². The van der Waals surface area contributed by atoms with E-state index in [9.17, 15) is 0 Å². The highest BCUT2D eigenvalue weighted by Gasteiger charge is 2.40. The monoisotopic (exact) mass is 162 g/mol. The molecule has 0 aromatic heterocycles. The molecular weight excluding hydrogens is 147 g/mol. The van der Waals surface area contributed by atoms with Crippen LogP contribution in [-0.2, 0) is 0 Å². The number of nitrogens with zero attached hydrogens (tertiary/aromatic N) is 1. The second-order valence-corrected chi connectivity index (χ2v) is 4.08. The number of rotatable bonds is 2. The molecule has 0 bridgehead atoms. The molecule has 1 N–H and O–H groups in total. The third-order valence-corrected chi connectivity index (χ3v) is 3.17. The number of piperidine rings is 1. The maximum atomic E-state index is 9.02. The first-order valence-corrected chi connectivity index (χ1v) is 5.02. The molecule has 0 spiro atoms. The Morgan fingerprint density at radius 1 is 1.08 bits per heavy atom. The molecule has 12 heavy (non-hydrogen) atoms. The predicted molar refractivity (Wildman–Crippen MR) is 50.2 cm³/mol. The summed E-state index contributed by atoms with van der Waals surface area (Å²) < 4.78 is 0. The fourth-order valence-corrected chi connectivity index (χ4v) is 2.25.